The van der Waals surface area contributed by atoms with E-state index < -0.39 is 74.2 Å². The summed E-state index contributed by atoms with van der Waals surface area (Å²) in [5, 5.41) is 42.5. The lowest BCUT2D eigenvalue weighted by molar-refractivity contribution is -0.140. The summed E-state index contributed by atoms with van der Waals surface area (Å²) in [7, 11) is -2.46. The topological polar surface area (TPSA) is 244 Å². The Kier molecular flexibility index (Phi) is 13.3. The van der Waals surface area contributed by atoms with Crippen LogP contribution >= 0.6 is 0 Å². The third-order valence-electron chi connectivity index (χ3n) is 7.29. The van der Waals surface area contributed by atoms with Gasteiger partial charge >= 0.3 is 26.2 Å². The van der Waals surface area contributed by atoms with Gasteiger partial charge in [0.05, 0.1) is 36.9 Å². The standard InChI is InChI=1S/2C14H19BN2O5/c2*16-13(9-4-2-1-3-5-9)14(20)17-11-7-6-10(8-12(18)19)22-15(11)21/h2*1-5,10-11,13,21H,6-8,16H2,(H,17,20)(H,18,19)/t2*10-,11-,13-/m00/s1. The molecule has 0 spiro atoms. The Morgan fingerprint density at radius 1 is 0.682 bits per heavy atom. The Labute approximate surface area is 255 Å². The summed E-state index contributed by atoms with van der Waals surface area (Å²) in [6, 6.07) is 16.2. The van der Waals surface area contributed by atoms with Gasteiger partial charge in [0.25, 0.3) is 0 Å². The quantitative estimate of drug-likeness (QED) is 0.161. The molecule has 2 fully saturated rings. The lowest BCUT2D eigenvalue weighted by Crippen LogP contribution is -2.54. The molecule has 6 atom stereocenters. The molecule has 2 aromatic carbocycles. The van der Waals surface area contributed by atoms with E-state index in [4.69, 9.17) is 31.0 Å². The molecule has 2 heterocycles. The van der Waals surface area contributed by atoms with Crippen LogP contribution in [0.5, 0.6) is 0 Å². The first kappa shape index (κ1) is 34.7. The Morgan fingerprint density at radius 2 is 1.02 bits per heavy atom. The number of hydrogen-bond acceptors (Lipinski definition) is 10. The molecule has 0 bridgehead atoms. The van der Waals surface area contributed by atoms with E-state index in [0.29, 0.717) is 36.8 Å². The van der Waals surface area contributed by atoms with Crippen LogP contribution in [0.1, 0.15) is 61.7 Å². The van der Waals surface area contributed by atoms with Crippen LogP contribution in [0, 0.1) is 0 Å². The second-order valence-corrected chi connectivity index (χ2v) is 10.7. The minimum Gasteiger partial charge on any atom is -0.481 e. The van der Waals surface area contributed by atoms with Crippen LogP contribution in [-0.2, 0) is 28.5 Å². The van der Waals surface area contributed by atoms with E-state index in [2.05, 4.69) is 10.6 Å². The second kappa shape index (κ2) is 16.9. The van der Waals surface area contributed by atoms with Gasteiger partial charge in [-0.25, -0.2) is 0 Å². The summed E-state index contributed by atoms with van der Waals surface area (Å²) in [4.78, 5) is 45.5. The normalized spacial score (nSPS) is 22.9. The number of carbonyl (C=O) groups excluding carboxylic acids is 2. The molecule has 0 aromatic heterocycles. The van der Waals surface area contributed by atoms with Crippen LogP contribution in [0.25, 0.3) is 0 Å². The number of aliphatic carboxylic acids is 2. The highest BCUT2D eigenvalue weighted by atomic mass is 16.5. The molecular weight excluding hydrogens is 574 g/mol. The predicted molar refractivity (Wildman–Crippen MR) is 159 cm³/mol. The Morgan fingerprint density at radius 3 is 1.32 bits per heavy atom. The molecule has 0 aliphatic carbocycles. The Hall–Kier alpha value is -3.79. The van der Waals surface area contributed by atoms with Crippen molar-refractivity contribution in [3.05, 3.63) is 71.8 Å². The van der Waals surface area contributed by atoms with Crippen molar-refractivity contribution in [1.82, 2.24) is 10.6 Å². The van der Waals surface area contributed by atoms with Gasteiger partial charge < -0.3 is 51.7 Å². The van der Waals surface area contributed by atoms with Crippen molar-refractivity contribution in [3.8, 4) is 0 Å². The molecule has 2 aliphatic rings. The zero-order valence-corrected chi connectivity index (χ0v) is 24.0. The smallest absolute Gasteiger partial charge is 0.478 e. The summed E-state index contributed by atoms with van der Waals surface area (Å²) in [6.45, 7) is 0. The molecule has 0 saturated carbocycles. The first-order chi connectivity index (χ1) is 20.9. The molecule has 16 heteroatoms. The van der Waals surface area contributed by atoms with E-state index >= 15 is 0 Å². The SMILES string of the molecule is N[C@H](C(=O)N[C@H]1CC[C@@H](CC(=O)O)OB1O)c1ccccc1.N[C@H](C(=O)N[C@H]1CC[C@@H](CC(=O)O)OB1O)c1ccccc1. The molecule has 2 amide bonds. The predicted octanol–water partition coefficient (Wildman–Crippen LogP) is -0.311. The fourth-order valence-electron chi connectivity index (χ4n) is 4.88. The number of benzene rings is 2. The zero-order valence-electron chi connectivity index (χ0n) is 24.0. The number of carbonyl (C=O) groups is 4. The van der Waals surface area contributed by atoms with E-state index in [0.717, 1.165) is 0 Å². The van der Waals surface area contributed by atoms with Gasteiger partial charge in [-0.2, -0.15) is 0 Å². The Balaban J connectivity index is 0.000000240. The van der Waals surface area contributed by atoms with E-state index in [1.54, 1.807) is 48.5 Å². The maximum Gasteiger partial charge on any atom is 0.478 e. The van der Waals surface area contributed by atoms with Gasteiger partial charge in [0, 0.05) is 0 Å². The molecule has 236 valence electrons. The molecule has 14 nitrogen and oxygen atoms in total. The highest BCUT2D eigenvalue weighted by Gasteiger charge is 2.38. The van der Waals surface area contributed by atoms with Crippen molar-refractivity contribution < 1.29 is 48.7 Å². The average molecular weight is 612 g/mol. The molecule has 10 N–H and O–H groups in total. The average Bonchev–Trinajstić information content (AvgIpc) is 2.99. The van der Waals surface area contributed by atoms with E-state index in [1.807, 2.05) is 12.1 Å². The van der Waals surface area contributed by atoms with Crippen molar-refractivity contribution in [3.63, 3.8) is 0 Å². The van der Waals surface area contributed by atoms with Crippen LogP contribution in [0.4, 0.5) is 0 Å². The van der Waals surface area contributed by atoms with Gasteiger partial charge in [-0.15, -0.1) is 0 Å². The molecular formula is C28H38B2N4O10. The van der Waals surface area contributed by atoms with Crippen LogP contribution in [0.3, 0.4) is 0 Å². The minimum absolute atomic E-state index is 0.165. The summed E-state index contributed by atoms with van der Waals surface area (Å²) in [5.74, 6) is -3.96. The lowest BCUT2D eigenvalue weighted by Gasteiger charge is -2.31. The maximum atomic E-state index is 12.1. The molecule has 0 unspecified atom stereocenters. The molecule has 2 aromatic rings. The van der Waals surface area contributed by atoms with Crippen molar-refractivity contribution in [2.75, 3.05) is 0 Å². The number of nitrogens with one attached hydrogen (secondary N) is 2. The van der Waals surface area contributed by atoms with Crippen molar-refractivity contribution in [2.45, 2.75) is 74.7 Å². The third kappa shape index (κ3) is 10.7. The van der Waals surface area contributed by atoms with Crippen LogP contribution in [0.2, 0.25) is 0 Å². The number of hydrogen-bond donors (Lipinski definition) is 8. The van der Waals surface area contributed by atoms with Crippen LogP contribution in [0.15, 0.2) is 60.7 Å². The fraction of sp³-hybridized carbons (Fsp3) is 0.429. The number of rotatable bonds is 10. The van der Waals surface area contributed by atoms with Gasteiger partial charge in [0.15, 0.2) is 0 Å². The maximum absolute atomic E-state index is 12.1. The first-order valence-electron chi connectivity index (χ1n) is 14.3. The van der Waals surface area contributed by atoms with Gasteiger partial charge in [0.1, 0.15) is 12.1 Å². The molecule has 2 aliphatic heterocycles. The molecule has 0 radical (unpaired) electrons. The van der Waals surface area contributed by atoms with Gasteiger partial charge in [0.2, 0.25) is 11.8 Å². The van der Waals surface area contributed by atoms with E-state index in [9.17, 15) is 29.2 Å². The van der Waals surface area contributed by atoms with Gasteiger partial charge in [-0.05, 0) is 36.8 Å². The summed E-state index contributed by atoms with van der Waals surface area (Å²) in [6.07, 6.45) is 0.372. The van der Waals surface area contributed by atoms with Crippen LogP contribution < -0.4 is 22.1 Å². The third-order valence-corrected chi connectivity index (χ3v) is 7.29. The Bertz CT molecular complexity index is 1150. The van der Waals surface area contributed by atoms with Crippen LogP contribution in [-0.4, -0.2) is 82.3 Å². The summed E-state index contributed by atoms with van der Waals surface area (Å²) >= 11 is 0. The molecule has 4 rings (SSSR count). The monoisotopic (exact) mass is 612 g/mol. The minimum atomic E-state index is -1.23. The molecule has 44 heavy (non-hydrogen) atoms. The largest absolute Gasteiger partial charge is 0.481 e. The number of carboxylic acids is 2. The fourth-order valence-corrected chi connectivity index (χ4v) is 4.88. The highest BCUT2D eigenvalue weighted by molar-refractivity contribution is 6.46. The number of amides is 2. The first-order valence-corrected chi connectivity index (χ1v) is 14.3. The van der Waals surface area contributed by atoms with Gasteiger partial charge in [-0.3, -0.25) is 19.2 Å². The number of carboxylic acid groups (broad SMARTS) is 2. The van der Waals surface area contributed by atoms with Crippen molar-refractivity contribution in [2.24, 2.45) is 11.5 Å². The lowest BCUT2D eigenvalue weighted by atomic mass is 9.72. The van der Waals surface area contributed by atoms with Gasteiger partial charge in [-0.1, -0.05) is 60.7 Å². The molecule has 2 saturated heterocycles. The second-order valence-electron chi connectivity index (χ2n) is 10.7. The van der Waals surface area contributed by atoms with E-state index in [1.165, 1.54) is 0 Å². The highest BCUT2D eigenvalue weighted by Crippen LogP contribution is 2.21. The van der Waals surface area contributed by atoms with E-state index in [-0.39, 0.29) is 12.8 Å². The number of nitrogens with two attached hydrogens (primary N) is 2. The van der Waals surface area contributed by atoms with Crippen molar-refractivity contribution in [1.29, 1.82) is 0 Å². The van der Waals surface area contributed by atoms with Crippen molar-refractivity contribution >= 4 is 38.0 Å². The summed E-state index contributed by atoms with van der Waals surface area (Å²) < 4.78 is 10.4. The zero-order chi connectivity index (χ0) is 32.2. The summed E-state index contributed by atoms with van der Waals surface area (Å²) in [5.41, 5.74) is 13.1.